The molecule has 0 saturated heterocycles. The fourth-order valence-corrected chi connectivity index (χ4v) is 5.21. The van der Waals surface area contributed by atoms with E-state index in [0.29, 0.717) is 5.95 Å². The van der Waals surface area contributed by atoms with Gasteiger partial charge in [0.2, 0.25) is 5.95 Å². The van der Waals surface area contributed by atoms with Crippen LogP contribution in [0.4, 0.5) is 0 Å². The van der Waals surface area contributed by atoms with Crippen molar-refractivity contribution in [3.63, 3.8) is 0 Å². The van der Waals surface area contributed by atoms with Crippen LogP contribution in [0, 0.1) is 5.92 Å². The van der Waals surface area contributed by atoms with Crippen LogP contribution in [0.15, 0.2) is 53.5 Å². The summed E-state index contributed by atoms with van der Waals surface area (Å²) in [6, 6.07) is 10.1. The number of ketones is 1. The van der Waals surface area contributed by atoms with Gasteiger partial charge in [-0.2, -0.15) is 0 Å². The van der Waals surface area contributed by atoms with Gasteiger partial charge in [0.1, 0.15) is 0 Å². The van der Waals surface area contributed by atoms with Crippen molar-refractivity contribution in [1.29, 1.82) is 0 Å². The third kappa shape index (κ3) is 2.22. The van der Waals surface area contributed by atoms with Crippen molar-refractivity contribution in [2.45, 2.75) is 13.3 Å². The monoisotopic (exact) mass is 377 g/mol. The number of hydrogen-bond donors (Lipinski definition) is 0. The molecular weight excluding hydrogens is 362 g/mol. The van der Waals surface area contributed by atoms with E-state index in [4.69, 9.17) is 0 Å². The minimum absolute atomic E-state index is 0.00828. The average Bonchev–Trinajstić information content (AvgIpc) is 3.42. The lowest BCUT2D eigenvalue weighted by Gasteiger charge is -2.12. The molecule has 5 rings (SSSR count). The molecule has 0 aromatic carbocycles. The van der Waals surface area contributed by atoms with Gasteiger partial charge in [-0.15, -0.1) is 22.7 Å². The highest BCUT2D eigenvalue weighted by atomic mass is 32.1. The minimum Gasteiger partial charge on any atom is -0.292 e. The van der Waals surface area contributed by atoms with Gasteiger partial charge in [-0.3, -0.25) is 9.36 Å². The third-order valence-corrected chi connectivity index (χ3v) is 6.50. The summed E-state index contributed by atoms with van der Waals surface area (Å²) in [5.74, 6) is 0.719. The van der Waals surface area contributed by atoms with Gasteiger partial charge in [0, 0.05) is 28.8 Å². The lowest BCUT2D eigenvalue weighted by Crippen LogP contribution is -2.13. The first-order valence-corrected chi connectivity index (χ1v) is 10.2. The molecule has 0 N–H and O–H groups in total. The zero-order valence-electron chi connectivity index (χ0n) is 14.0. The molecule has 0 fully saturated rings. The molecule has 1 aliphatic carbocycles. The first-order chi connectivity index (χ1) is 12.8. The molecule has 0 radical (unpaired) electrons. The van der Waals surface area contributed by atoms with E-state index in [1.165, 1.54) is 4.88 Å². The highest BCUT2D eigenvalue weighted by Crippen LogP contribution is 2.47. The maximum absolute atomic E-state index is 13.0. The quantitative estimate of drug-likeness (QED) is 0.499. The number of fused-ring (bicyclic) bond motifs is 1. The molecule has 4 aromatic rings. The normalized spacial score (nSPS) is 16.2. The lowest BCUT2D eigenvalue weighted by atomic mass is 10.0. The van der Waals surface area contributed by atoms with Gasteiger partial charge in [0.05, 0.1) is 16.3 Å². The molecule has 128 valence electrons. The molecule has 0 spiro atoms. The molecule has 0 aliphatic heterocycles. The van der Waals surface area contributed by atoms with Crippen LogP contribution in [-0.2, 0) is 6.42 Å². The van der Waals surface area contributed by atoms with Crippen molar-refractivity contribution < 1.29 is 4.79 Å². The van der Waals surface area contributed by atoms with Crippen molar-refractivity contribution in [3.05, 3.63) is 64.7 Å². The number of nitrogens with zero attached hydrogens (tertiary/aromatic N) is 3. The Kier molecular flexibility index (Phi) is 3.62. The van der Waals surface area contributed by atoms with Crippen molar-refractivity contribution in [2.75, 3.05) is 0 Å². The van der Waals surface area contributed by atoms with E-state index in [2.05, 4.69) is 38.9 Å². The zero-order valence-corrected chi connectivity index (χ0v) is 15.7. The van der Waals surface area contributed by atoms with E-state index in [1.807, 2.05) is 17.6 Å². The number of thiophene rings is 2. The number of hydrogen-bond acceptors (Lipinski definition) is 5. The Bertz CT molecular complexity index is 1080. The molecular formula is C20H15N3OS2. The van der Waals surface area contributed by atoms with Crippen LogP contribution in [0.5, 0.6) is 0 Å². The Morgan fingerprint density at radius 3 is 2.35 bits per heavy atom. The predicted molar refractivity (Wildman–Crippen MR) is 105 cm³/mol. The summed E-state index contributed by atoms with van der Waals surface area (Å²) in [6.45, 7) is 2.00. The SMILES string of the molecule is CC1Cc2c(-c3cccs3)c(-c3cccs3)n(-c3ncccn3)c2C1=O. The second-order valence-corrected chi connectivity index (χ2v) is 8.25. The van der Waals surface area contributed by atoms with E-state index in [0.717, 1.165) is 33.8 Å². The highest BCUT2D eigenvalue weighted by molar-refractivity contribution is 7.14. The Balaban J connectivity index is 1.92. The van der Waals surface area contributed by atoms with Gasteiger partial charge < -0.3 is 0 Å². The molecule has 4 aromatic heterocycles. The molecule has 0 amide bonds. The maximum Gasteiger partial charge on any atom is 0.234 e. The summed E-state index contributed by atoms with van der Waals surface area (Å²) < 4.78 is 1.97. The van der Waals surface area contributed by atoms with Gasteiger partial charge in [-0.1, -0.05) is 19.1 Å². The van der Waals surface area contributed by atoms with Gasteiger partial charge in [-0.05, 0) is 40.9 Å². The zero-order chi connectivity index (χ0) is 17.7. The van der Waals surface area contributed by atoms with E-state index in [1.54, 1.807) is 41.1 Å². The topological polar surface area (TPSA) is 47.8 Å². The number of Topliss-reactive ketones (excluding diaryl/α,β-unsaturated/α-hetero) is 1. The van der Waals surface area contributed by atoms with Gasteiger partial charge >= 0.3 is 0 Å². The molecule has 1 atom stereocenters. The second kappa shape index (κ2) is 6.00. The predicted octanol–water partition coefficient (Wildman–Crippen LogP) is 5.10. The van der Waals surface area contributed by atoms with E-state index in [-0.39, 0.29) is 11.7 Å². The Morgan fingerprint density at radius 1 is 1.00 bits per heavy atom. The maximum atomic E-state index is 13.0. The van der Waals surface area contributed by atoms with Crippen molar-refractivity contribution in [2.24, 2.45) is 5.92 Å². The second-order valence-electron chi connectivity index (χ2n) is 6.36. The highest BCUT2D eigenvalue weighted by Gasteiger charge is 2.38. The largest absolute Gasteiger partial charge is 0.292 e. The van der Waals surface area contributed by atoms with Crippen LogP contribution in [0.2, 0.25) is 0 Å². The summed E-state index contributed by atoms with van der Waals surface area (Å²) in [4.78, 5) is 24.2. The minimum atomic E-state index is -0.00828. The van der Waals surface area contributed by atoms with Crippen LogP contribution in [0.25, 0.3) is 27.0 Å². The van der Waals surface area contributed by atoms with Crippen LogP contribution in [0.3, 0.4) is 0 Å². The Hall–Kier alpha value is -2.57. The average molecular weight is 377 g/mol. The lowest BCUT2D eigenvalue weighted by molar-refractivity contribution is 0.0940. The van der Waals surface area contributed by atoms with Crippen molar-refractivity contribution in [1.82, 2.24) is 14.5 Å². The van der Waals surface area contributed by atoms with E-state index in [9.17, 15) is 4.79 Å². The summed E-state index contributed by atoms with van der Waals surface area (Å²) >= 11 is 3.38. The first-order valence-electron chi connectivity index (χ1n) is 8.42. The van der Waals surface area contributed by atoms with Crippen LogP contribution in [-0.4, -0.2) is 20.3 Å². The van der Waals surface area contributed by atoms with Crippen LogP contribution >= 0.6 is 22.7 Å². The third-order valence-electron chi connectivity index (χ3n) is 4.74. The molecule has 1 aliphatic rings. The molecule has 0 saturated carbocycles. The van der Waals surface area contributed by atoms with Crippen molar-refractivity contribution >= 4 is 28.5 Å². The fourth-order valence-electron chi connectivity index (χ4n) is 3.65. The molecule has 4 heterocycles. The van der Waals surface area contributed by atoms with Crippen LogP contribution in [0.1, 0.15) is 23.0 Å². The molecule has 6 heteroatoms. The Morgan fingerprint density at radius 2 is 1.69 bits per heavy atom. The molecule has 26 heavy (non-hydrogen) atoms. The number of rotatable bonds is 3. The van der Waals surface area contributed by atoms with Crippen LogP contribution < -0.4 is 0 Å². The summed E-state index contributed by atoms with van der Waals surface area (Å²) in [5.41, 5.74) is 4.05. The summed E-state index contributed by atoms with van der Waals surface area (Å²) in [6.07, 6.45) is 4.21. The number of carbonyl (C=O) groups is 1. The summed E-state index contributed by atoms with van der Waals surface area (Å²) in [7, 11) is 0. The number of aromatic nitrogens is 3. The van der Waals surface area contributed by atoms with Crippen molar-refractivity contribution in [3.8, 4) is 27.0 Å². The standard InChI is InChI=1S/C20H15N3OS2/c1-12-11-13-16(14-5-2-9-25-14)18(15-6-3-10-26-15)23(17(13)19(12)24)20-21-7-4-8-22-20/h2-10,12H,11H2,1H3. The number of carbonyl (C=O) groups excluding carboxylic acids is 1. The molecule has 1 unspecified atom stereocenters. The van der Waals surface area contributed by atoms with E-state index < -0.39 is 0 Å². The molecule has 4 nitrogen and oxygen atoms in total. The van der Waals surface area contributed by atoms with Gasteiger partial charge in [0.25, 0.3) is 0 Å². The smallest absolute Gasteiger partial charge is 0.234 e. The fraction of sp³-hybridized carbons (Fsp3) is 0.150. The molecule has 0 bridgehead atoms. The van der Waals surface area contributed by atoms with Gasteiger partial charge in [0.15, 0.2) is 5.78 Å². The first kappa shape index (κ1) is 15.7. The summed E-state index contributed by atoms with van der Waals surface area (Å²) in [5, 5.41) is 4.14. The van der Waals surface area contributed by atoms with E-state index >= 15 is 0 Å². The Labute approximate surface area is 158 Å². The van der Waals surface area contributed by atoms with Gasteiger partial charge in [-0.25, -0.2) is 9.97 Å².